The Morgan fingerprint density at radius 3 is 2.50 bits per heavy atom. The first-order valence-electron chi connectivity index (χ1n) is 5.26. The molecule has 0 aliphatic heterocycles. The minimum Gasteiger partial charge on any atom is -0.494 e. The van der Waals surface area contributed by atoms with Crippen molar-refractivity contribution in [3.8, 4) is 5.75 Å². The third kappa shape index (κ3) is 3.14. The van der Waals surface area contributed by atoms with E-state index >= 15 is 0 Å². The second-order valence-corrected chi connectivity index (χ2v) is 5.68. The zero-order valence-corrected chi connectivity index (χ0v) is 11.7. The number of aromatic nitrogens is 2. The van der Waals surface area contributed by atoms with Crippen LogP contribution < -0.4 is 9.46 Å². The quantitative estimate of drug-likeness (QED) is 0.933. The molecule has 0 atom stereocenters. The van der Waals surface area contributed by atoms with Crippen LogP contribution in [0.1, 0.15) is 0 Å². The highest BCUT2D eigenvalue weighted by Gasteiger charge is 2.19. The summed E-state index contributed by atoms with van der Waals surface area (Å²) in [7, 11) is -2.56. The molecule has 9 heteroatoms. The highest BCUT2D eigenvalue weighted by atomic mass is 35.5. The standard InChI is InChI=1S/C11H9ClFN3O3S/c1-19-8-5-14-11(15-6-8)16-20(17,18)10-3-2-7(13)4-9(10)12/h2-6H,1H3,(H,14,15,16). The van der Waals surface area contributed by atoms with Crippen molar-refractivity contribution in [1.29, 1.82) is 0 Å². The monoisotopic (exact) mass is 317 g/mol. The fraction of sp³-hybridized carbons (Fsp3) is 0.0909. The molecular weight excluding hydrogens is 309 g/mol. The number of halogens is 2. The van der Waals surface area contributed by atoms with E-state index in [1.165, 1.54) is 19.5 Å². The smallest absolute Gasteiger partial charge is 0.265 e. The van der Waals surface area contributed by atoms with E-state index in [-0.39, 0.29) is 15.9 Å². The number of methoxy groups -OCH3 is 1. The summed E-state index contributed by atoms with van der Waals surface area (Å²) in [5.41, 5.74) is 0. The van der Waals surface area contributed by atoms with Gasteiger partial charge in [-0.1, -0.05) is 11.6 Å². The lowest BCUT2D eigenvalue weighted by molar-refractivity contribution is 0.411. The summed E-state index contributed by atoms with van der Waals surface area (Å²) in [5.74, 6) is -0.395. The molecule has 0 spiro atoms. The van der Waals surface area contributed by atoms with Gasteiger partial charge in [-0.25, -0.2) is 27.5 Å². The van der Waals surface area contributed by atoms with E-state index in [9.17, 15) is 12.8 Å². The molecule has 0 bridgehead atoms. The number of hydrogen-bond acceptors (Lipinski definition) is 5. The van der Waals surface area contributed by atoms with E-state index in [0.717, 1.165) is 18.2 Å². The van der Waals surface area contributed by atoms with Crippen LogP contribution >= 0.6 is 11.6 Å². The van der Waals surface area contributed by atoms with Crippen LogP contribution in [0, 0.1) is 5.82 Å². The number of anilines is 1. The van der Waals surface area contributed by atoms with Crippen LogP contribution in [0.25, 0.3) is 0 Å². The Hall–Kier alpha value is -1.93. The third-order valence-electron chi connectivity index (χ3n) is 2.27. The average Bonchev–Trinajstić information content (AvgIpc) is 2.38. The number of sulfonamides is 1. The zero-order valence-electron chi connectivity index (χ0n) is 10.2. The van der Waals surface area contributed by atoms with Crippen molar-refractivity contribution in [2.45, 2.75) is 4.90 Å². The fourth-order valence-corrected chi connectivity index (χ4v) is 2.83. The summed E-state index contributed by atoms with van der Waals surface area (Å²) in [6.07, 6.45) is 2.61. The number of rotatable bonds is 4. The molecule has 1 aromatic carbocycles. The second-order valence-electron chi connectivity index (χ2n) is 3.63. The molecule has 0 saturated carbocycles. The molecule has 0 amide bonds. The maximum atomic E-state index is 12.9. The predicted molar refractivity (Wildman–Crippen MR) is 70.8 cm³/mol. The fourth-order valence-electron chi connectivity index (χ4n) is 1.34. The van der Waals surface area contributed by atoms with Gasteiger partial charge in [-0.2, -0.15) is 0 Å². The number of benzene rings is 1. The first-order valence-corrected chi connectivity index (χ1v) is 7.12. The Morgan fingerprint density at radius 1 is 1.30 bits per heavy atom. The van der Waals surface area contributed by atoms with Gasteiger partial charge in [-0.3, -0.25) is 0 Å². The van der Waals surface area contributed by atoms with Gasteiger partial charge in [0.15, 0.2) is 5.75 Å². The van der Waals surface area contributed by atoms with Gasteiger partial charge in [0.1, 0.15) is 10.7 Å². The van der Waals surface area contributed by atoms with Crippen molar-refractivity contribution < 1.29 is 17.5 Å². The van der Waals surface area contributed by atoms with Gasteiger partial charge in [-0.15, -0.1) is 0 Å². The summed E-state index contributed by atoms with van der Waals surface area (Å²) in [6, 6.07) is 2.96. The topological polar surface area (TPSA) is 81.2 Å². The van der Waals surface area contributed by atoms with Crippen molar-refractivity contribution in [3.63, 3.8) is 0 Å². The Labute approximate surface area is 119 Å². The molecular formula is C11H9ClFN3O3S. The van der Waals surface area contributed by atoms with Crippen molar-refractivity contribution in [2.24, 2.45) is 0 Å². The molecule has 0 saturated heterocycles. The lowest BCUT2D eigenvalue weighted by Crippen LogP contribution is -2.15. The average molecular weight is 318 g/mol. The van der Waals surface area contributed by atoms with Gasteiger partial charge in [0.2, 0.25) is 5.95 Å². The molecule has 0 radical (unpaired) electrons. The Balaban J connectivity index is 2.30. The summed E-state index contributed by atoms with van der Waals surface area (Å²) < 4.78 is 44.0. The van der Waals surface area contributed by atoms with Gasteiger partial charge in [0, 0.05) is 0 Å². The van der Waals surface area contributed by atoms with Crippen LogP contribution in [0.3, 0.4) is 0 Å². The molecule has 20 heavy (non-hydrogen) atoms. The highest BCUT2D eigenvalue weighted by Crippen LogP contribution is 2.23. The van der Waals surface area contributed by atoms with Gasteiger partial charge in [-0.05, 0) is 18.2 Å². The highest BCUT2D eigenvalue weighted by molar-refractivity contribution is 7.92. The maximum absolute atomic E-state index is 12.9. The second kappa shape index (κ2) is 5.59. The Kier molecular flexibility index (Phi) is 4.05. The van der Waals surface area contributed by atoms with E-state index in [2.05, 4.69) is 14.7 Å². The summed E-state index contributed by atoms with van der Waals surface area (Å²) in [6.45, 7) is 0. The Bertz CT molecular complexity index is 722. The molecule has 106 valence electrons. The van der Waals surface area contributed by atoms with Gasteiger partial charge < -0.3 is 4.74 Å². The number of nitrogens with one attached hydrogen (secondary N) is 1. The van der Waals surface area contributed by atoms with E-state index in [1.807, 2.05) is 0 Å². The summed E-state index contributed by atoms with van der Waals surface area (Å²) in [4.78, 5) is 7.26. The third-order valence-corrected chi connectivity index (χ3v) is 4.08. The van der Waals surface area contributed by atoms with Crippen LogP contribution in [0.2, 0.25) is 5.02 Å². The van der Waals surface area contributed by atoms with E-state index in [1.54, 1.807) is 0 Å². The van der Waals surface area contributed by atoms with Crippen molar-refractivity contribution in [1.82, 2.24) is 9.97 Å². The minimum atomic E-state index is -3.99. The van der Waals surface area contributed by atoms with E-state index < -0.39 is 15.8 Å². The van der Waals surface area contributed by atoms with Crippen LogP contribution in [0.5, 0.6) is 5.75 Å². The molecule has 0 aliphatic rings. The first-order chi connectivity index (χ1) is 9.42. The SMILES string of the molecule is COc1cnc(NS(=O)(=O)c2ccc(F)cc2Cl)nc1. The molecule has 6 nitrogen and oxygen atoms in total. The van der Waals surface area contributed by atoms with E-state index in [4.69, 9.17) is 16.3 Å². The largest absolute Gasteiger partial charge is 0.494 e. The summed E-state index contributed by atoms with van der Waals surface area (Å²) in [5, 5.41) is -0.231. The molecule has 0 fully saturated rings. The lowest BCUT2D eigenvalue weighted by Gasteiger charge is -2.08. The van der Waals surface area contributed by atoms with Crippen molar-refractivity contribution in [2.75, 3.05) is 11.8 Å². The zero-order chi connectivity index (χ0) is 14.8. The van der Waals surface area contributed by atoms with Crippen LogP contribution in [0.4, 0.5) is 10.3 Å². The Morgan fingerprint density at radius 2 is 1.95 bits per heavy atom. The van der Waals surface area contributed by atoms with Crippen molar-refractivity contribution >= 4 is 27.6 Å². The molecule has 0 aliphatic carbocycles. The number of ether oxygens (including phenoxy) is 1. The molecule has 0 unspecified atom stereocenters. The molecule has 1 N–H and O–H groups in total. The van der Waals surface area contributed by atoms with Gasteiger partial charge in [0.25, 0.3) is 10.0 Å². The molecule has 2 aromatic rings. The van der Waals surface area contributed by atoms with Crippen molar-refractivity contribution in [3.05, 3.63) is 41.4 Å². The lowest BCUT2D eigenvalue weighted by atomic mass is 10.3. The molecule has 1 heterocycles. The normalized spacial score (nSPS) is 11.2. The van der Waals surface area contributed by atoms with Crippen LogP contribution in [-0.4, -0.2) is 25.5 Å². The summed E-state index contributed by atoms with van der Waals surface area (Å²) >= 11 is 5.71. The molecule has 1 aromatic heterocycles. The van der Waals surface area contributed by atoms with Gasteiger partial charge in [0.05, 0.1) is 24.5 Å². The van der Waals surface area contributed by atoms with E-state index in [0.29, 0.717) is 5.75 Å². The first kappa shape index (κ1) is 14.5. The van der Waals surface area contributed by atoms with Crippen LogP contribution in [-0.2, 0) is 10.0 Å². The predicted octanol–water partition coefficient (Wildman–Crippen LogP) is 2.08. The van der Waals surface area contributed by atoms with Crippen LogP contribution in [0.15, 0.2) is 35.5 Å². The molecule has 2 rings (SSSR count). The number of hydrogen-bond donors (Lipinski definition) is 1. The van der Waals surface area contributed by atoms with Gasteiger partial charge >= 0.3 is 0 Å². The minimum absolute atomic E-state index is 0.147. The maximum Gasteiger partial charge on any atom is 0.265 e. The number of nitrogens with zero attached hydrogens (tertiary/aromatic N) is 2.